The molecule has 3 aromatic carbocycles. The molecule has 0 radical (unpaired) electrons. The van der Waals surface area contributed by atoms with E-state index in [-0.39, 0.29) is 5.78 Å². The van der Waals surface area contributed by atoms with Crippen LogP contribution in [0.15, 0.2) is 60.7 Å². The molecule has 2 saturated heterocycles. The van der Waals surface area contributed by atoms with E-state index in [0.29, 0.717) is 55.3 Å². The van der Waals surface area contributed by atoms with E-state index in [2.05, 4.69) is 0 Å². The fourth-order valence-electron chi connectivity index (χ4n) is 6.36. The van der Waals surface area contributed by atoms with E-state index >= 15 is 0 Å². The minimum Gasteiger partial charge on any atom is -0.456 e. The van der Waals surface area contributed by atoms with Crippen molar-refractivity contribution < 1.29 is 47.7 Å². The van der Waals surface area contributed by atoms with Crippen LogP contribution in [0.5, 0.6) is 0 Å². The Balaban J connectivity index is 1.21. The zero-order chi connectivity index (χ0) is 37.8. The zero-order valence-electron chi connectivity index (χ0n) is 30.6. The molecule has 12 nitrogen and oxygen atoms in total. The topological polar surface area (TPSA) is 146 Å². The number of ketones is 2. The van der Waals surface area contributed by atoms with Crippen LogP contribution in [0.4, 0.5) is 9.59 Å². The van der Waals surface area contributed by atoms with Gasteiger partial charge in [0.25, 0.3) is 0 Å². The number of ether oxygens (including phenoxy) is 4. The van der Waals surface area contributed by atoms with Crippen molar-refractivity contribution in [2.45, 2.75) is 90.5 Å². The van der Waals surface area contributed by atoms with Crippen molar-refractivity contribution in [3.05, 3.63) is 71.8 Å². The fourth-order valence-corrected chi connectivity index (χ4v) is 6.36. The molecule has 2 heterocycles. The Morgan fingerprint density at radius 2 is 1.10 bits per heavy atom. The second kappa shape index (κ2) is 15.5. The number of carbonyl (C=O) groups excluding carboxylic acids is 6. The average Bonchev–Trinajstić information content (AvgIpc) is 3.79. The largest absolute Gasteiger partial charge is 0.456 e. The Hall–Kier alpha value is -5.26. The van der Waals surface area contributed by atoms with Crippen molar-refractivity contribution in [2.75, 3.05) is 26.3 Å². The van der Waals surface area contributed by atoms with Crippen molar-refractivity contribution >= 4 is 46.5 Å². The summed E-state index contributed by atoms with van der Waals surface area (Å²) in [6.45, 7) is 10.3. The van der Waals surface area contributed by atoms with E-state index in [4.69, 9.17) is 18.9 Å². The third-order valence-electron chi connectivity index (χ3n) is 8.74. The van der Waals surface area contributed by atoms with Gasteiger partial charge in [-0.05, 0) is 89.1 Å². The average molecular weight is 715 g/mol. The van der Waals surface area contributed by atoms with Crippen LogP contribution in [0.2, 0.25) is 0 Å². The molecule has 0 unspecified atom stereocenters. The van der Waals surface area contributed by atoms with E-state index in [1.807, 2.05) is 24.3 Å². The second-order valence-electron chi connectivity index (χ2n) is 15.0. The molecule has 0 saturated carbocycles. The van der Waals surface area contributed by atoms with Crippen LogP contribution in [0.1, 0.15) is 87.9 Å². The van der Waals surface area contributed by atoms with Crippen molar-refractivity contribution in [1.82, 2.24) is 9.80 Å². The quantitative estimate of drug-likeness (QED) is 0.132. The van der Waals surface area contributed by atoms with Gasteiger partial charge in [-0.15, -0.1) is 0 Å². The molecule has 2 atom stereocenters. The van der Waals surface area contributed by atoms with Crippen LogP contribution in [-0.2, 0) is 28.5 Å². The van der Waals surface area contributed by atoms with Gasteiger partial charge in [-0.1, -0.05) is 60.7 Å². The number of fused-ring (bicyclic) bond motifs is 1. The van der Waals surface area contributed by atoms with Crippen LogP contribution < -0.4 is 0 Å². The molecule has 2 aliphatic heterocycles. The van der Waals surface area contributed by atoms with Crippen molar-refractivity contribution in [3.63, 3.8) is 0 Å². The van der Waals surface area contributed by atoms with Gasteiger partial charge in [0.2, 0.25) is 5.78 Å². The summed E-state index contributed by atoms with van der Waals surface area (Å²) in [5.41, 5.74) is 0.914. The van der Waals surface area contributed by atoms with Gasteiger partial charge in [0.15, 0.2) is 19.0 Å². The molecule has 0 N–H and O–H groups in total. The van der Waals surface area contributed by atoms with Gasteiger partial charge >= 0.3 is 24.1 Å². The SMILES string of the molecule is CC(C)(C)OC(=O)N1CCC[C@H]1C(=O)OCC(=O)c1ccc(-c2ccc(C(=O)COC(=O)[C@@H]3CCCN3C(=O)OC(C)(C)C)c3ccccc23)cc1. The first-order valence-electron chi connectivity index (χ1n) is 17.5. The lowest BCUT2D eigenvalue weighted by molar-refractivity contribution is -0.148. The fraction of sp³-hybridized carbons (Fsp3) is 0.450. The highest BCUT2D eigenvalue weighted by molar-refractivity contribution is 6.12. The molecule has 0 bridgehead atoms. The summed E-state index contributed by atoms with van der Waals surface area (Å²) in [4.78, 5) is 80.0. The van der Waals surface area contributed by atoms with Crippen LogP contribution >= 0.6 is 0 Å². The van der Waals surface area contributed by atoms with E-state index in [1.54, 1.807) is 77.9 Å². The first-order chi connectivity index (χ1) is 24.5. The number of amides is 2. The van der Waals surface area contributed by atoms with Gasteiger partial charge in [-0.2, -0.15) is 0 Å². The Morgan fingerprint density at radius 1 is 0.615 bits per heavy atom. The molecule has 12 heteroatoms. The van der Waals surface area contributed by atoms with Gasteiger partial charge in [-0.25, -0.2) is 19.2 Å². The van der Waals surface area contributed by atoms with Crippen LogP contribution in [-0.4, -0.2) is 95.1 Å². The summed E-state index contributed by atoms with van der Waals surface area (Å²) in [5, 5.41) is 1.45. The lowest BCUT2D eigenvalue weighted by Gasteiger charge is -2.27. The van der Waals surface area contributed by atoms with Gasteiger partial charge in [0, 0.05) is 24.2 Å². The number of rotatable bonds is 9. The molecule has 2 fully saturated rings. The molecular formula is C40H46N2O10. The summed E-state index contributed by atoms with van der Waals surface area (Å²) in [6.07, 6.45) is 0.928. The number of Topliss-reactive ketones (excluding diaryl/α,β-unsaturated/α-hetero) is 2. The summed E-state index contributed by atoms with van der Waals surface area (Å²) in [7, 11) is 0. The van der Waals surface area contributed by atoms with Gasteiger partial charge in [0.05, 0.1) is 0 Å². The van der Waals surface area contributed by atoms with E-state index in [1.165, 1.54) is 9.80 Å². The van der Waals surface area contributed by atoms with E-state index in [9.17, 15) is 28.8 Å². The third kappa shape index (κ3) is 9.15. The monoisotopic (exact) mass is 714 g/mol. The lowest BCUT2D eigenvalue weighted by Crippen LogP contribution is -2.44. The molecule has 0 spiro atoms. The number of benzene rings is 3. The normalized spacial score (nSPS) is 17.5. The summed E-state index contributed by atoms with van der Waals surface area (Å²) in [6, 6.07) is 16.1. The number of esters is 2. The smallest absolute Gasteiger partial charge is 0.411 e. The van der Waals surface area contributed by atoms with Gasteiger partial charge in [0.1, 0.15) is 23.3 Å². The molecule has 2 amide bonds. The molecule has 52 heavy (non-hydrogen) atoms. The summed E-state index contributed by atoms with van der Waals surface area (Å²) >= 11 is 0. The van der Waals surface area contributed by atoms with Crippen LogP contribution in [0, 0.1) is 0 Å². The molecule has 2 aliphatic rings. The zero-order valence-corrected chi connectivity index (χ0v) is 30.6. The lowest BCUT2D eigenvalue weighted by atomic mass is 9.93. The second-order valence-corrected chi connectivity index (χ2v) is 15.0. The number of nitrogens with zero attached hydrogens (tertiary/aromatic N) is 2. The van der Waals surface area contributed by atoms with Crippen LogP contribution in [0.3, 0.4) is 0 Å². The predicted molar refractivity (Wildman–Crippen MR) is 192 cm³/mol. The Bertz CT molecular complexity index is 1850. The van der Waals surface area contributed by atoms with Crippen molar-refractivity contribution in [2.24, 2.45) is 0 Å². The maximum absolute atomic E-state index is 13.4. The maximum Gasteiger partial charge on any atom is 0.411 e. The molecule has 0 aliphatic carbocycles. The molecule has 5 rings (SSSR count). The third-order valence-corrected chi connectivity index (χ3v) is 8.74. The molecular weight excluding hydrogens is 668 g/mol. The minimum atomic E-state index is -0.814. The first-order valence-corrected chi connectivity index (χ1v) is 17.5. The Kier molecular flexibility index (Phi) is 11.4. The number of hydrogen-bond donors (Lipinski definition) is 0. The van der Waals surface area contributed by atoms with Gasteiger partial charge < -0.3 is 18.9 Å². The highest BCUT2D eigenvalue weighted by Gasteiger charge is 2.39. The number of likely N-dealkylation sites (tertiary alicyclic amines) is 2. The Morgan fingerprint density at radius 3 is 1.60 bits per heavy atom. The highest BCUT2D eigenvalue weighted by Crippen LogP contribution is 2.32. The van der Waals surface area contributed by atoms with Crippen molar-refractivity contribution in [3.8, 4) is 11.1 Å². The Labute approximate surface area is 303 Å². The predicted octanol–water partition coefficient (Wildman–Crippen LogP) is 6.76. The summed E-state index contributed by atoms with van der Waals surface area (Å²) in [5.74, 6) is -2.08. The molecule has 0 aromatic heterocycles. The minimum absolute atomic E-state index is 0.345. The number of hydrogen-bond acceptors (Lipinski definition) is 10. The van der Waals surface area contributed by atoms with E-state index < -0.39 is 66.4 Å². The molecule has 276 valence electrons. The molecule has 3 aromatic rings. The highest BCUT2D eigenvalue weighted by atomic mass is 16.6. The number of carbonyl (C=O) groups is 6. The standard InChI is InChI=1S/C40H46N2O10/c1-39(2,3)51-37(47)41-21-9-13-31(41)35(45)49-23-33(43)26-17-15-25(16-18-26)27-19-20-30(29-12-8-7-11-28(27)29)34(44)24-50-36(46)32-14-10-22-42(32)38(48)52-40(4,5)6/h7-8,11-12,15-20,31-32H,9-10,13-14,21-24H2,1-6H3/t31-,32-/m0/s1. The summed E-state index contributed by atoms with van der Waals surface area (Å²) < 4.78 is 21.6. The maximum atomic E-state index is 13.4. The van der Waals surface area contributed by atoms with Crippen LogP contribution in [0.25, 0.3) is 21.9 Å². The van der Waals surface area contributed by atoms with Crippen molar-refractivity contribution in [1.29, 1.82) is 0 Å². The first kappa shape index (κ1) is 38.0. The van der Waals surface area contributed by atoms with E-state index in [0.717, 1.165) is 16.5 Å². The van der Waals surface area contributed by atoms with Gasteiger partial charge in [-0.3, -0.25) is 19.4 Å².